The van der Waals surface area contributed by atoms with Gasteiger partial charge in [-0.3, -0.25) is 9.59 Å². The van der Waals surface area contributed by atoms with Crippen LogP contribution in [0.25, 0.3) is 0 Å². The molecule has 166 valence electrons. The summed E-state index contributed by atoms with van der Waals surface area (Å²) in [7, 11) is 3.09. The fourth-order valence-corrected chi connectivity index (χ4v) is 4.60. The number of H-pyrrole nitrogens is 1. The number of nitrogens with one attached hydrogen (secondary N) is 2. The zero-order valence-electron chi connectivity index (χ0n) is 16.9. The number of fused-ring (bicyclic) bond motifs is 2. The fraction of sp³-hybridized carbons (Fsp3) is 0.182. The summed E-state index contributed by atoms with van der Waals surface area (Å²) in [4.78, 5) is 28.5. The van der Waals surface area contributed by atoms with E-state index in [9.17, 15) is 22.8 Å². The van der Waals surface area contributed by atoms with Gasteiger partial charge >= 0.3 is 6.18 Å². The van der Waals surface area contributed by atoms with Crippen LogP contribution in [0.3, 0.4) is 0 Å². The normalized spacial score (nSPS) is 13.2. The van der Waals surface area contributed by atoms with Gasteiger partial charge in [-0.25, -0.2) is 0 Å². The largest absolute Gasteiger partial charge is 0.497 e. The first-order chi connectivity index (χ1) is 15.2. The molecule has 2 aromatic carbocycles. The van der Waals surface area contributed by atoms with Crippen LogP contribution in [0.4, 0.5) is 13.2 Å². The second-order valence-corrected chi connectivity index (χ2v) is 8.01. The monoisotopic (exact) mass is 462 g/mol. The molecule has 10 heteroatoms. The lowest BCUT2D eigenvalue weighted by molar-refractivity contribution is -0.141. The van der Waals surface area contributed by atoms with E-state index in [1.807, 2.05) is 12.1 Å². The van der Waals surface area contributed by atoms with E-state index in [2.05, 4.69) is 5.32 Å². The summed E-state index contributed by atoms with van der Waals surface area (Å²) in [5, 5.41) is 2.79. The summed E-state index contributed by atoms with van der Waals surface area (Å²) < 4.78 is 49.1. The van der Waals surface area contributed by atoms with Crippen molar-refractivity contribution in [3.05, 3.63) is 81.3 Å². The van der Waals surface area contributed by atoms with Gasteiger partial charge < -0.3 is 19.8 Å². The number of carbonyl (C=O) groups excluding carboxylic acids is 1. The molecule has 2 N–H and O–H groups in total. The molecule has 0 spiro atoms. The minimum Gasteiger partial charge on any atom is -0.497 e. The summed E-state index contributed by atoms with van der Waals surface area (Å²) in [5.74, 6) is 0.471. The maximum Gasteiger partial charge on any atom is 0.431 e. The van der Waals surface area contributed by atoms with Crippen LogP contribution in [-0.4, -0.2) is 25.1 Å². The first-order valence-electron chi connectivity index (χ1n) is 9.36. The Morgan fingerprint density at radius 2 is 1.53 bits per heavy atom. The lowest BCUT2D eigenvalue weighted by Gasteiger charge is -2.29. The summed E-state index contributed by atoms with van der Waals surface area (Å²) >= 11 is 1.47. The number of alkyl halides is 3. The van der Waals surface area contributed by atoms with Gasteiger partial charge in [-0.05, 0) is 47.5 Å². The summed E-state index contributed by atoms with van der Waals surface area (Å²) in [5.41, 5.74) is -1.22. The van der Waals surface area contributed by atoms with Gasteiger partial charge in [-0.2, -0.15) is 13.2 Å². The van der Waals surface area contributed by atoms with Crippen molar-refractivity contribution >= 4 is 17.7 Å². The van der Waals surface area contributed by atoms with Crippen molar-refractivity contribution in [3.63, 3.8) is 0 Å². The van der Waals surface area contributed by atoms with E-state index in [4.69, 9.17) is 9.47 Å². The third-order valence-corrected chi connectivity index (χ3v) is 6.17. The van der Waals surface area contributed by atoms with Crippen molar-refractivity contribution in [2.45, 2.75) is 22.0 Å². The quantitative estimate of drug-likeness (QED) is 0.601. The summed E-state index contributed by atoms with van der Waals surface area (Å²) in [6.45, 7) is 0. The number of amides is 1. The molecule has 6 nitrogen and oxygen atoms in total. The molecule has 0 saturated carbocycles. The molecule has 32 heavy (non-hydrogen) atoms. The number of methoxy groups -OCH3 is 2. The van der Waals surface area contributed by atoms with Gasteiger partial charge in [0, 0.05) is 9.79 Å². The van der Waals surface area contributed by atoms with Crippen molar-refractivity contribution in [3.8, 4) is 11.5 Å². The molecular formula is C22H17F3N2O4S. The lowest BCUT2D eigenvalue weighted by Crippen LogP contribution is -2.35. The van der Waals surface area contributed by atoms with E-state index in [0.29, 0.717) is 17.6 Å². The number of rotatable bonds is 4. The Hall–Kier alpha value is -3.40. The molecule has 0 unspecified atom stereocenters. The number of ether oxygens (including phenoxy) is 2. The Morgan fingerprint density at radius 3 is 2.00 bits per heavy atom. The smallest absolute Gasteiger partial charge is 0.431 e. The molecule has 0 fully saturated rings. The van der Waals surface area contributed by atoms with Crippen molar-refractivity contribution in [2.24, 2.45) is 0 Å². The van der Waals surface area contributed by atoms with Crippen LogP contribution in [0.1, 0.15) is 33.2 Å². The van der Waals surface area contributed by atoms with Gasteiger partial charge in [-0.15, -0.1) is 0 Å². The molecule has 1 aromatic heterocycles. The number of halogens is 3. The van der Waals surface area contributed by atoms with Crippen LogP contribution in [0.2, 0.25) is 0 Å². The topological polar surface area (TPSA) is 80.4 Å². The van der Waals surface area contributed by atoms with E-state index >= 15 is 0 Å². The van der Waals surface area contributed by atoms with Crippen LogP contribution in [-0.2, 0) is 6.18 Å². The highest BCUT2D eigenvalue weighted by molar-refractivity contribution is 7.99. The minimum absolute atomic E-state index is 0.415. The van der Waals surface area contributed by atoms with Crippen LogP contribution in [0.5, 0.6) is 11.5 Å². The lowest BCUT2D eigenvalue weighted by atomic mass is 9.97. The number of hydrogen-bond donors (Lipinski definition) is 2. The second kappa shape index (κ2) is 8.27. The average molecular weight is 462 g/mol. The minimum atomic E-state index is -4.72. The van der Waals surface area contributed by atoms with Crippen molar-refractivity contribution in [1.29, 1.82) is 0 Å². The molecule has 0 aliphatic carbocycles. The number of aromatic amines is 1. The van der Waals surface area contributed by atoms with Crippen molar-refractivity contribution in [1.82, 2.24) is 10.3 Å². The summed E-state index contributed by atoms with van der Waals surface area (Å²) in [6.07, 6.45) is -4.72. The summed E-state index contributed by atoms with van der Waals surface area (Å²) in [6, 6.07) is 11.7. The highest BCUT2D eigenvalue weighted by atomic mass is 32.2. The molecule has 0 radical (unpaired) electrons. The van der Waals surface area contributed by atoms with Crippen molar-refractivity contribution in [2.75, 3.05) is 14.2 Å². The molecule has 3 aromatic rings. The molecular weight excluding hydrogens is 445 g/mol. The molecule has 2 heterocycles. The van der Waals surface area contributed by atoms with Gasteiger partial charge in [0.25, 0.3) is 11.5 Å². The number of carbonyl (C=O) groups is 1. The third-order valence-electron chi connectivity index (χ3n) is 5.02. The third kappa shape index (κ3) is 4.05. The number of hydrogen-bond acceptors (Lipinski definition) is 5. The molecule has 0 atom stereocenters. The number of aromatic nitrogens is 1. The Labute approximate surface area is 184 Å². The van der Waals surface area contributed by atoms with Gasteiger partial charge in [0.2, 0.25) is 0 Å². The van der Waals surface area contributed by atoms with Crippen molar-refractivity contribution < 1.29 is 27.4 Å². The van der Waals surface area contributed by atoms with E-state index in [1.165, 1.54) is 11.8 Å². The standard InChI is InChI=1S/C22H17F3N2O4S/c1-30-11-3-5-13-16(9-11)32-17-10-12(31-2)4-6-14(17)19(13)27-21(29)15-7-8-18(22(23,24)25)26-20(15)28/h3-10,19H,1-2H3,(H,26,28)(H,27,29). The molecule has 0 saturated heterocycles. The van der Waals surface area contributed by atoms with Crippen LogP contribution < -0.4 is 20.3 Å². The SMILES string of the molecule is COc1ccc2c(c1)Sc1cc(OC)ccc1C2NC(=O)c1ccc(C(F)(F)F)[nH]c1=O. The fourth-order valence-electron chi connectivity index (χ4n) is 3.41. The Balaban J connectivity index is 1.73. The van der Waals surface area contributed by atoms with Gasteiger partial charge in [0.05, 0.1) is 20.3 Å². The van der Waals surface area contributed by atoms with Crippen LogP contribution >= 0.6 is 11.8 Å². The number of benzene rings is 2. The Kier molecular flexibility index (Phi) is 5.64. The molecule has 4 rings (SSSR count). The second-order valence-electron chi connectivity index (χ2n) is 6.93. The molecule has 1 aliphatic rings. The van der Waals surface area contributed by atoms with E-state index in [-0.39, 0.29) is 0 Å². The highest BCUT2D eigenvalue weighted by Gasteiger charge is 2.33. The predicted molar refractivity (Wildman–Crippen MR) is 111 cm³/mol. The van der Waals surface area contributed by atoms with Gasteiger partial charge in [-0.1, -0.05) is 23.9 Å². The number of pyridine rings is 1. The Morgan fingerprint density at radius 1 is 0.969 bits per heavy atom. The van der Waals surface area contributed by atoms with Gasteiger partial charge in [0.15, 0.2) is 0 Å². The average Bonchev–Trinajstić information content (AvgIpc) is 2.77. The molecule has 0 bridgehead atoms. The Bertz CT molecular complexity index is 1200. The predicted octanol–water partition coefficient (Wildman–Crippen LogP) is 4.39. The zero-order chi connectivity index (χ0) is 23.0. The van der Waals surface area contributed by atoms with E-state index < -0.39 is 34.9 Å². The van der Waals surface area contributed by atoms with Crippen LogP contribution in [0.15, 0.2) is 63.1 Å². The maximum atomic E-state index is 12.9. The molecule has 1 amide bonds. The maximum absolute atomic E-state index is 12.9. The first kappa shape index (κ1) is 21.8. The zero-order valence-corrected chi connectivity index (χ0v) is 17.7. The van der Waals surface area contributed by atoms with Crippen LogP contribution in [0, 0.1) is 0 Å². The van der Waals surface area contributed by atoms with E-state index in [0.717, 1.165) is 27.0 Å². The molecule has 1 aliphatic heterocycles. The van der Waals surface area contributed by atoms with Gasteiger partial charge in [0.1, 0.15) is 22.8 Å². The first-order valence-corrected chi connectivity index (χ1v) is 10.2. The van der Waals surface area contributed by atoms with E-state index in [1.54, 1.807) is 43.5 Å². The highest BCUT2D eigenvalue weighted by Crippen LogP contribution is 2.47.